The van der Waals surface area contributed by atoms with Gasteiger partial charge in [0.25, 0.3) is 5.91 Å². The van der Waals surface area contributed by atoms with Crippen molar-refractivity contribution in [3.05, 3.63) is 63.7 Å². The Balaban J connectivity index is 1.97. The van der Waals surface area contributed by atoms with Crippen LogP contribution >= 0.6 is 11.6 Å². The van der Waals surface area contributed by atoms with Gasteiger partial charge in [-0.05, 0) is 92.6 Å². The highest BCUT2D eigenvalue weighted by atomic mass is 35.5. The number of rotatable bonds is 5. The van der Waals surface area contributed by atoms with Gasteiger partial charge in [-0.25, -0.2) is 0 Å². The van der Waals surface area contributed by atoms with Crippen molar-refractivity contribution >= 4 is 35.0 Å². The van der Waals surface area contributed by atoms with Crippen LogP contribution in [0.25, 0.3) is 6.08 Å². The highest BCUT2D eigenvalue weighted by molar-refractivity contribution is 6.31. The van der Waals surface area contributed by atoms with E-state index >= 15 is 0 Å². The summed E-state index contributed by atoms with van der Waals surface area (Å²) in [5.41, 5.74) is 5.22. The zero-order chi connectivity index (χ0) is 22.8. The molecule has 4 nitrogen and oxygen atoms in total. The first kappa shape index (κ1) is 22.9. The lowest BCUT2D eigenvalue weighted by molar-refractivity contribution is -0.112. The molecule has 162 valence electrons. The third-order valence-electron chi connectivity index (χ3n) is 5.97. The second-order valence-electron chi connectivity index (χ2n) is 8.97. The van der Waals surface area contributed by atoms with Gasteiger partial charge in [0.15, 0.2) is 0 Å². The van der Waals surface area contributed by atoms with Crippen LogP contribution in [0.5, 0.6) is 0 Å². The summed E-state index contributed by atoms with van der Waals surface area (Å²) in [7, 11) is 0. The van der Waals surface area contributed by atoms with Crippen LogP contribution in [0.3, 0.4) is 0 Å². The van der Waals surface area contributed by atoms with Gasteiger partial charge < -0.3 is 10.2 Å². The maximum Gasteiger partial charge on any atom is 0.266 e. The van der Waals surface area contributed by atoms with Gasteiger partial charge in [0.05, 0.1) is 0 Å². The molecule has 1 atom stereocenters. The Hall–Kier alpha value is -2.77. The highest BCUT2D eigenvalue weighted by Crippen LogP contribution is 2.44. The highest BCUT2D eigenvalue weighted by Gasteiger charge is 2.36. The summed E-state index contributed by atoms with van der Waals surface area (Å²) in [6.07, 6.45) is 3.83. The summed E-state index contributed by atoms with van der Waals surface area (Å²) >= 11 is 5.99. The van der Waals surface area contributed by atoms with E-state index in [2.05, 4.69) is 56.1 Å². The minimum absolute atomic E-state index is 0.0669. The molecule has 0 saturated carbocycles. The van der Waals surface area contributed by atoms with E-state index in [1.807, 2.05) is 6.92 Å². The number of aryl methyl sites for hydroxylation is 1. The molecule has 2 aromatic rings. The zero-order valence-electron chi connectivity index (χ0n) is 18.9. The Morgan fingerprint density at radius 3 is 2.74 bits per heavy atom. The topological polar surface area (TPSA) is 56.1 Å². The van der Waals surface area contributed by atoms with Gasteiger partial charge >= 0.3 is 0 Å². The van der Waals surface area contributed by atoms with Crippen LogP contribution in [0, 0.1) is 18.3 Å². The average molecular weight is 436 g/mol. The monoisotopic (exact) mass is 435 g/mol. The van der Waals surface area contributed by atoms with Gasteiger partial charge in [0.2, 0.25) is 0 Å². The number of hydrogen-bond donors (Lipinski definition) is 1. The fourth-order valence-corrected chi connectivity index (χ4v) is 4.71. The molecule has 2 aromatic carbocycles. The van der Waals surface area contributed by atoms with Gasteiger partial charge in [0, 0.05) is 28.5 Å². The Labute approximate surface area is 190 Å². The number of nitrogens with one attached hydrogen (secondary N) is 1. The number of nitriles is 1. The summed E-state index contributed by atoms with van der Waals surface area (Å²) in [4.78, 5) is 15.2. The van der Waals surface area contributed by atoms with Gasteiger partial charge in [-0.3, -0.25) is 4.79 Å². The van der Waals surface area contributed by atoms with Crippen LogP contribution in [-0.4, -0.2) is 18.0 Å². The molecule has 0 saturated heterocycles. The normalized spacial score (nSPS) is 17.6. The maximum absolute atomic E-state index is 12.7. The zero-order valence-corrected chi connectivity index (χ0v) is 19.7. The fourth-order valence-electron chi connectivity index (χ4n) is 4.52. The van der Waals surface area contributed by atoms with Gasteiger partial charge in [0.1, 0.15) is 11.6 Å². The number of carbonyl (C=O) groups excluding carboxylic acids is 1. The van der Waals surface area contributed by atoms with Gasteiger partial charge in [-0.2, -0.15) is 5.26 Å². The van der Waals surface area contributed by atoms with Gasteiger partial charge in [-0.1, -0.05) is 31.5 Å². The molecule has 5 heteroatoms. The summed E-state index contributed by atoms with van der Waals surface area (Å²) in [6.45, 7) is 12.1. The van der Waals surface area contributed by atoms with Crippen molar-refractivity contribution in [3.8, 4) is 6.07 Å². The molecule has 0 spiro atoms. The third kappa shape index (κ3) is 4.94. The molecule has 0 bridgehead atoms. The van der Waals surface area contributed by atoms with Crippen molar-refractivity contribution in [1.82, 2.24) is 0 Å². The van der Waals surface area contributed by atoms with E-state index in [0.717, 1.165) is 30.5 Å². The number of benzene rings is 2. The average Bonchev–Trinajstić information content (AvgIpc) is 2.69. The lowest BCUT2D eigenvalue weighted by Gasteiger charge is -2.48. The van der Waals surface area contributed by atoms with Crippen molar-refractivity contribution < 1.29 is 4.79 Å². The molecule has 1 aliphatic rings. The van der Waals surface area contributed by atoms with Crippen LogP contribution in [0.4, 0.5) is 11.4 Å². The molecule has 0 radical (unpaired) electrons. The first-order chi connectivity index (χ1) is 14.7. The molecule has 1 N–H and O–H groups in total. The molecule has 1 heterocycles. The van der Waals surface area contributed by atoms with E-state index in [0.29, 0.717) is 16.6 Å². The SMILES string of the molecule is CCCN1c2cc(C)c(/C=C(\C#N)C(=O)Nc3cccc(Cl)c3)cc2C(C)CC1(C)C. The Morgan fingerprint density at radius 2 is 2.10 bits per heavy atom. The second kappa shape index (κ2) is 9.16. The maximum atomic E-state index is 12.7. The minimum atomic E-state index is -0.441. The summed E-state index contributed by atoms with van der Waals surface area (Å²) in [5, 5.41) is 12.9. The molecule has 0 aliphatic carbocycles. The number of halogens is 1. The number of anilines is 2. The molecule has 0 fully saturated rings. The number of hydrogen-bond acceptors (Lipinski definition) is 3. The van der Waals surface area contributed by atoms with Crippen LogP contribution in [0.15, 0.2) is 42.0 Å². The quantitative estimate of drug-likeness (QED) is 0.420. The molecule has 1 amide bonds. The lowest BCUT2D eigenvalue weighted by atomic mass is 9.78. The van der Waals surface area contributed by atoms with Crippen molar-refractivity contribution in [2.75, 3.05) is 16.8 Å². The molecule has 3 rings (SSSR count). The Morgan fingerprint density at radius 1 is 1.35 bits per heavy atom. The van der Waals surface area contributed by atoms with Crippen molar-refractivity contribution in [2.24, 2.45) is 0 Å². The van der Waals surface area contributed by atoms with Crippen molar-refractivity contribution in [3.63, 3.8) is 0 Å². The van der Waals surface area contributed by atoms with Crippen LogP contribution in [-0.2, 0) is 4.79 Å². The predicted molar refractivity (Wildman–Crippen MR) is 130 cm³/mol. The minimum Gasteiger partial charge on any atom is -0.366 e. The lowest BCUT2D eigenvalue weighted by Crippen LogP contribution is -2.48. The molecule has 31 heavy (non-hydrogen) atoms. The fraction of sp³-hybridized carbons (Fsp3) is 0.385. The molecule has 1 unspecified atom stereocenters. The summed E-state index contributed by atoms with van der Waals surface area (Å²) in [5.74, 6) is -0.0413. The number of carbonyl (C=O) groups is 1. The van der Waals surface area contributed by atoms with Crippen LogP contribution in [0.2, 0.25) is 5.02 Å². The van der Waals surface area contributed by atoms with E-state index in [1.54, 1.807) is 30.3 Å². The second-order valence-corrected chi connectivity index (χ2v) is 9.41. The number of amides is 1. The van der Waals surface area contributed by atoms with E-state index in [9.17, 15) is 10.1 Å². The summed E-state index contributed by atoms with van der Waals surface area (Å²) in [6, 6.07) is 13.3. The van der Waals surface area contributed by atoms with Crippen molar-refractivity contribution in [2.45, 2.75) is 58.9 Å². The van der Waals surface area contributed by atoms with Crippen molar-refractivity contribution in [1.29, 1.82) is 5.26 Å². The molecule has 1 aliphatic heterocycles. The number of fused-ring (bicyclic) bond motifs is 1. The van der Waals surface area contributed by atoms with E-state index in [-0.39, 0.29) is 11.1 Å². The molecule has 0 aromatic heterocycles. The Bertz CT molecular complexity index is 1060. The standard InChI is InChI=1S/C26H30ClN3O/c1-6-10-30-24-11-17(2)19(13-23(24)18(3)15-26(30,4)5)12-20(16-28)25(31)29-22-9-7-8-21(27)14-22/h7-9,11-14,18H,6,10,15H2,1-5H3,(H,29,31)/b20-12+. The van der Waals surface area contributed by atoms with E-state index < -0.39 is 5.91 Å². The van der Waals surface area contributed by atoms with E-state index in [4.69, 9.17) is 11.6 Å². The molecular formula is C26H30ClN3O. The number of nitrogens with zero attached hydrogens (tertiary/aromatic N) is 2. The Kier molecular flexibility index (Phi) is 6.77. The van der Waals surface area contributed by atoms with Crippen LogP contribution in [0.1, 0.15) is 63.1 Å². The first-order valence-electron chi connectivity index (χ1n) is 10.8. The first-order valence-corrected chi connectivity index (χ1v) is 11.1. The predicted octanol–water partition coefficient (Wildman–Crippen LogP) is 6.70. The largest absolute Gasteiger partial charge is 0.366 e. The van der Waals surface area contributed by atoms with Gasteiger partial charge in [-0.15, -0.1) is 0 Å². The van der Waals surface area contributed by atoms with Crippen LogP contribution < -0.4 is 10.2 Å². The molecular weight excluding hydrogens is 406 g/mol. The third-order valence-corrected chi connectivity index (χ3v) is 6.20. The van der Waals surface area contributed by atoms with E-state index in [1.165, 1.54) is 11.3 Å². The smallest absolute Gasteiger partial charge is 0.266 e. The summed E-state index contributed by atoms with van der Waals surface area (Å²) < 4.78 is 0.